The number of halogens is 1. The molecule has 0 aliphatic rings. The quantitative estimate of drug-likeness (QED) is 0.798. The van der Waals surface area contributed by atoms with Gasteiger partial charge in [0.15, 0.2) is 0 Å². The van der Waals surface area contributed by atoms with Crippen molar-refractivity contribution in [2.75, 3.05) is 0 Å². The number of benzene rings is 1. The van der Waals surface area contributed by atoms with Gasteiger partial charge in [0.25, 0.3) is 0 Å². The second-order valence-corrected chi connectivity index (χ2v) is 6.46. The molecule has 21 heavy (non-hydrogen) atoms. The van der Waals surface area contributed by atoms with Gasteiger partial charge in [-0.15, -0.1) is 0 Å². The van der Waals surface area contributed by atoms with Crippen molar-refractivity contribution in [1.82, 2.24) is 4.98 Å². The largest absolute Gasteiger partial charge is 0.438 e. The third kappa shape index (κ3) is 3.80. The molecule has 5 heteroatoms. The first-order valence-corrected chi connectivity index (χ1v) is 7.83. The highest BCUT2D eigenvalue weighted by Crippen LogP contribution is 2.33. The van der Waals surface area contributed by atoms with Crippen LogP contribution in [0, 0.1) is 6.92 Å². The van der Waals surface area contributed by atoms with Crippen molar-refractivity contribution < 1.29 is 4.74 Å². The maximum absolute atomic E-state index is 6.00. The van der Waals surface area contributed by atoms with Crippen molar-refractivity contribution >= 4 is 33.1 Å². The molecule has 0 amide bonds. The van der Waals surface area contributed by atoms with E-state index in [-0.39, 0.29) is 4.99 Å². The summed E-state index contributed by atoms with van der Waals surface area (Å²) in [6, 6.07) is 9.63. The van der Waals surface area contributed by atoms with Crippen LogP contribution in [0.2, 0.25) is 0 Å². The molecule has 0 aliphatic heterocycles. The van der Waals surface area contributed by atoms with E-state index in [9.17, 15) is 0 Å². The number of pyridine rings is 1. The normalized spacial score (nSPS) is 10.7. The Labute approximate surface area is 138 Å². The van der Waals surface area contributed by atoms with E-state index >= 15 is 0 Å². The number of aryl methyl sites for hydroxylation is 1. The first-order chi connectivity index (χ1) is 9.88. The van der Waals surface area contributed by atoms with E-state index in [2.05, 4.69) is 40.8 Å². The van der Waals surface area contributed by atoms with Crippen molar-refractivity contribution in [3.8, 4) is 11.6 Å². The highest BCUT2D eigenvalue weighted by molar-refractivity contribution is 9.10. The number of rotatable bonds is 4. The smallest absolute Gasteiger partial charge is 0.229 e. The molecule has 1 aromatic carbocycles. The molecular weight excluding hydrogens is 348 g/mol. The first-order valence-electron chi connectivity index (χ1n) is 6.63. The molecule has 0 radical (unpaired) electrons. The van der Waals surface area contributed by atoms with Crippen LogP contribution in [0.5, 0.6) is 11.6 Å². The lowest BCUT2D eigenvalue weighted by Gasteiger charge is -2.15. The van der Waals surface area contributed by atoms with Gasteiger partial charge in [-0.1, -0.05) is 42.0 Å². The van der Waals surface area contributed by atoms with Crippen molar-refractivity contribution in [3.63, 3.8) is 0 Å². The summed E-state index contributed by atoms with van der Waals surface area (Å²) in [6.45, 7) is 6.14. The molecule has 110 valence electrons. The Kier molecular flexibility index (Phi) is 4.96. The van der Waals surface area contributed by atoms with Gasteiger partial charge in [-0.05, 0) is 48.7 Å². The Hall–Kier alpha value is -1.46. The van der Waals surface area contributed by atoms with E-state index < -0.39 is 0 Å². The minimum atomic E-state index is 0.278. The van der Waals surface area contributed by atoms with Crippen LogP contribution >= 0.6 is 28.1 Å². The number of hydrogen-bond donors (Lipinski definition) is 1. The molecule has 2 rings (SSSR count). The van der Waals surface area contributed by atoms with Gasteiger partial charge in [-0.3, -0.25) is 0 Å². The minimum absolute atomic E-state index is 0.278. The van der Waals surface area contributed by atoms with Crippen molar-refractivity contribution in [2.24, 2.45) is 5.73 Å². The average molecular weight is 365 g/mol. The molecule has 0 atom stereocenters. The second-order valence-electron chi connectivity index (χ2n) is 5.11. The van der Waals surface area contributed by atoms with Crippen LogP contribution in [-0.4, -0.2) is 9.97 Å². The molecule has 2 aromatic rings. The molecule has 3 nitrogen and oxygen atoms in total. The Balaban J connectivity index is 2.47. The fraction of sp³-hybridized carbons (Fsp3) is 0.250. The zero-order valence-electron chi connectivity index (χ0n) is 12.2. The SMILES string of the molecule is Cc1ccc(C(N)=S)c(Oc2ccc(Br)cc2C(C)C)n1. The summed E-state index contributed by atoms with van der Waals surface area (Å²) in [5.41, 5.74) is 8.34. The Morgan fingerprint density at radius 3 is 2.62 bits per heavy atom. The third-order valence-electron chi connectivity index (χ3n) is 3.07. The summed E-state index contributed by atoms with van der Waals surface area (Å²) < 4.78 is 7.02. The van der Waals surface area contributed by atoms with E-state index in [0.29, 0.717) is 17.4 Å². The first kappa shape index (κ1) is 15.9. The van der Waals surface area contributed by atoms with E-state index in [4.69, 9.17) is 22.7 Å². The van der Waals surface area contributed by atoms with Gasteiger partial charge in [-0.25, -0.2) is 4.98 Å². The zero-order chi connectivity index (χ0) is 15.6. The van der Waals surface area contributed by atoms with Crippen LogP contribution in [0.4, 0.5) is 0 Å². The van der Waals surface area contributed by atoms with Gasteiger partial charge in [-0.2, -0.15) is 0 Å². The summed E-state index contributed by atoms with van der Waals surface area (Å²) in [7, 11) is 0. The average Bonchev–Trinajstić information content (AvgIpc) is 2.40. The van der Waals surface area contributed by atoms with Crippen LogP contribution in [0.25, 0.3) is 0 Å². The van der Waals surface area contributed by atoms with Crippen molar-refractivity contribution in [3.05, 3.63) is 51.6 Å². The lowest BCUT2D eigenvalue weighted by molar-refractivity contribution is 0.452. The fourth-order valence-electron chi connectivity index (χ4n) is 1.97. The topological polar surface area (TPSA) is 48.1 Å². The fourth-order valence-corrected chi connectivity index (χ4v) is 2.50. The number of ether oxygens (including phenoxy) is 1. The maximum atomic E-state index is 6.00. The number of thiocarbonyl (C=S) groups is 1. The number of hydrogen-bond acceptors (Lipinski definition) is 3. The minimum Gasteiger partial charge on any atom is -0.438 e. The van der Waals surface area contributed by atoms with Crippen LogP contribution in [0.3, 0.4) is 0 Å². The standard InChI is InChI=1S/C16H17BrN2OS/c1-9(2)13-8-11(17)5-7-14(13)20-16-12(15(18)21)6-4-10(3)19-16/h4-9H,1-3H3,(H2,18,21). The summed E-state index contributed by atoms with van der Waals surface area (Å²) in [6.07, 6.45) is 0. The molecule has 0 saturated carbocycles. The highest BCUT2D eigenvalue weighted by atomic mass is 79.9. The molecule has 2 N–H and O–H groups in total. The van der Waals surface area contributed by atoms with Crippen LogP contribution < -0.4 is 10.5 Å². The summed E-state index contributed by atoms with van der Waals surface area (Å²) in [5.74, 6) is 1.55. The van der Waals surface area contributed by atoms with E-state index in [0.717, 1.165) is 21.5 Å². The van der Waals surface area contributed by atoms with Gasteiger partial charge in [0.1, 0.15) is 10.7 Å². The molecular formula is C16H17BrN2OS. The van der Waals surface area contributed by atoms with Crippen molar-refractivity contribution in [2.45, 2.75) is 26.7 Å². The third-order valence-corrected chi connectivity index (χ3v) is 3.78. The molecule has 1 aromatic heterocycles. The van der Waals surface area contributed by atoms with Gasteiger partial charge in [0.05, 0.1) is 5.56 Å². The summed E-state index contributed by atoms with van der Waals surface area (Å²) in [4.78, 5) is 4.69. The van der Waals surface area contributed by atoms with Crippen molar-refractivity contribution in [1.29, 1.82) is 0 Å². The van der Waals surface area contributed by atoms with Crippen LogP contribution in [-0.2, 0) is 0 Å². The molecule has 0 aliphatic carbocycles. The van der Waals surface area contributed by atoms with Crippen LogP contribution in [0.1, 0.15) is 36.6 Å². The van der Waals surface area contributed by atoms with E-state index in [1.165, 1.54) is 0 Å². The number of nitrogens with zero attached hydrogens (tertiary/aromatic N) is 1. The number of nitrogens with two attached hydrogens (primary N) is 1. The second kappa shape index (κ2) is 6.54. The van der Waals surface area contributed by atoms with Gasteiger partial charge in [0.2, 0.25) is 5.88 Å². The highest BCUT2D eigenvalue weighted by Gasteiger charge is 2.14. The molecule has 0 fully saturated rings. The van der Waals surface area contributed by atoms with E-state index in [1.807, 2.05) is 31.2 Å². The molecule has 0 spiro atoms. The monoisotopic (exact) mass is 364 g/mol. The molecule has 0 saturated heterocycles. The van der Waals surface area contributed by atoms with Gasteiger partial charge < -0.3 is 10.5 Å². The van der Waals surface area contributed by atoms with Crippen LogP contribution in [0.15, 0.2) is 34.8 Å². The van der Waals surface area contributed by atoms with Gasteiger partial charge in [0, 0.05) is 10.2 Å². The van der Waals surface area contributed by atoms with E-state index in [1.54, 1.807) is 0 Å². The predicted octanol–water partition coefficient (Wildman–Crippen LogP) is 4.70. The lowest BCUT2D eigenvalue weighted by Crippen LogP contribution is -2.12. The summed E-state index contributed by atoms with van der Waals surface area (Å²) in [5, 5.41) is 0. The number of aromatic nitrogens is 1. The maximum Gasteiger partial charge on any atom is 0.229 e. The zero-order valence-corrected chi connectivity index (χ0v) is 14.6. The summed E-state index contributed by atoms with van der Waals surface area (Å²) >= 11 is 8.55. The predicted molar refractivity (Wildman–Crippen MR) is 93.2 cm³/mol. The Morgan fingerprint density at radius 2 is 2.00 bits per heavy atom. The molecule has 0 unspecified atom stereocenters. The molecule has 0 bridgehead atoms. The lowest BCUT2D eigenvalue weighted by atomic mass is 10.0. The Bertz CT molecular complexity index is 686. The Morgan fingerprint density at radius 1 is 1.29 bits per heavy atom. The molecule has 1 heterocycles. The van der Waals surface area contributed by atoms with Gasteiger partial charge >= 0.3 is 0 Å².